The number of aryl methyl sites for hydroxylation is 1. The van der Waals surface area contributed by atoms with Crippen LogP contribution in [0.4, 0.5) is 5.69 Å². The Morgan fingerprint density at radius 3 is 2.61 bits per heavy atom. The van der Waals surface area contributed by atoms with Crippen molar-refractivity contribution in [2.75, 3.05) is 4.72 Å². The van der Waals surface area contributed by atoms with E-state index in [1.54, 1.807) is 48.5 Å². The lowest BCUT2D eigenvalue weighted by molar-refractivity contribution is 0.609. The van der Waals surface area contributed by atoms with E-state index in [0.717, 1.165) is 5.41 Å². The van der Waals surface area contributed by atoms with E-state index < -0.39 is 10.0 Å². The molecule has 0 spiro atoms. The van der Waals surface area contributed by atoms with E-state index >= 15 is 0 Å². The van der Waals surface area contributed by atoms with Gasteiger partial charge in [-0.15, -0.1) is 0 Å². The van der Waals surface area contributed by atoms with Crippen molar-refractivity contribution in [3.05, 3.63) is 86.6 Å². The van der Waals surface area contributed by atoms with Gasteiger partial charge in [0.15, 0.2) is 0 Å². The second-order valence-electron chi connectivity index (χ2n) is 6.02. The normalized spacial score (nSPS) is 11.6. The minimum atomic E-state index is -3.72. The molecule has 1 aromatic heterocycles. The van der Waals surface area contributed by atoms with Gasteiger partial charge in [-0.05, 0) is 42.3 Å². The van der Waals surface area contributed by atoms with Crippen molar-refractivity contribution in [3.63, 3.8) is 0 Å². The second kappa shape index (κ2) is 8.41. The Morgan fingerprint density at radius 1 is 1.14 bits per heavy atom. The van der Waals surface area contributed by atoms with Crippen LogP contribution in [0.3, 0.4) is 0 Å². The summed E-state index contributed by atoms with van der Waals surface area (Å²) in [4.78, 5) is 18.8. The maximum atomic E-state index is 12.3. The van der Waals surface area contributed by atoms with Gasteiger partial charge in [-0.25, -0.2) is 13.4 Å². The molecule has 144 valence electrons. The SMILES string of the molecule is CCc1cc(=O)[nH]c(-c2cccc(NS(=O)(=O)/C=C/c3ccc(Cl)cc3)c2)n1. The molecule has 3 aromatic rings. The van der Waals surface area contributed by atoms with E-state index in [-0.39, 0.29) is 5.56 Å². The minimum absolute atomic E-state index is 0.251. The molecule has 0 amide bonds. The standard InChI is InChI=1S/C20H18ClN3O3S/c1-2-17-13-19(25)23-20(22-17)15-4-3-5-18(12-15)24-28(26,27)11-10-14-6-8-16(21)9-7-14/h3-13,24H,2H2,1H3,(H,22,23,25)/b11-10+. The fraction of sp³-hybridized carbons (Fsp3) is 0.100. The van der Waals surface area contributed by atoms with Crippen LogP contribution in [-0.4, -0.2) is 18.4 Å². The Morgan fingerprint density at radius 2 is 1.89 bits per heavy atom. The number of benzene rings is 2. The number of hydrogen-bond acceptors (Lipinski definition) is 4. The highest BCUT2D eigenvalue weighted by Crippen LogP contribution is 2.20. The molecular weight excluding hydrogens is 398 g/mol. The molecule has 0 saturated carbocycles. The number of aromatic amines is 1. The lowest BCUT2D eigenvalue weighted by atomic mass is 10.2. The second-order valence-corrected chi connectivity index (χ2v) is 8.02. The molecule has 0 aliphatic rings. The highest BCUT2D eigenvalue weighted by molar-refractivity contribution is 7.95. The van der Waals surface area contributed by atoms with Crippen LogP contribution in [0, 0.1) is 0 Å². The summed E-state index contributed by atoms with van der Waals surface area (Å²) >= 11 is 5.82. The lowest BCUT2D eigenvalue weighted by Crippen LogP contribution is -2.11. The first-order valence-corrected chi connectivity index (χ1v) is 10.4. The molecule has 28 heavy (non-hydrogen) atoms. The fourth-order valence-corrected chi connectivity index (χ4v) is 3.48. The van der Waals surface area contributed by atoms with E-state index in [9.17, 15) is 13.2 Å². The third kappa shape index (κ3) is 5.31. The number of nitrogens with one attached hydrogen (secondary N) is 2. The van der Waals surface area contributed by atoms with Gasteiger partial charge in [-0.3, -0.25) is 9.52 Å². The molecule has 6 nitrogen and oxygen atoms in total. The molecule has 8 heteroatoms. The highest BCUT2D eigenvalue weighted by atomic mass is 35.5. The van der Waals surface area contributed by atoms with E-state index in [2.05, 4.69) is 14.7 Å². The third-order valence-electron chi connectivity index (χ3n) is 3.86. The third-order valence-corrected chi connectivity index (χ3v) is 5.13. The van der Waals surface area contributed by atoms with Crippen LogP contribution in [-0.2, 0) is 16.4 Å². The monoisotopic (exact) mass is 415 g/mol. The summed E-state index contributed by atoms with van der Waals surface area (Å²) in [7, 11) is -3.72. The predicted octanol–water partition coefficient (Wildman–Crippen LogP) is 4.07. The fourth-order valence-electron chi connectivity index (χ4n) is 2.50. The molecule has 0 radical (unpaired) electrons. The van der Waals surface area contributed by atoms with Gasteiger partial charge in [-0.1, -0.05) is 42.8 Å². The van der Waals surface area contributed by atoms with Crippen molar-refractivity contribution in [2.24, 2.45) is 0 Å². The van der Waals surface area contributed by atoms with Crippen molar-refractivity contribution in [1.29, 1.82) is 0 Å². The largest absolute Gasteiger partial charge is 0.307 e. The van der Waals surface area contributed by atoms with Crippen LogP contribution < -0.4 is 10.3 Å². The highest BCUT2D eigenvalue weighted by Gasteiger charge is 2.09. The van der Waals surface area contributed by atoms with Gasteiger partial charge >= 0.3 is 0 Å². The summed E-state index contributed by atoms with van der Waals surface area (Å²) in [6, 6.07) is 14.9. The van der Waals surface area contributed by atoms with Gasteiger partial charge < -0.3 is 4.98 Å². The first-order chi connectivity index (χ1) is 13.3. The Kier molecular flexibility index (Phi) is 5.96. The maximum Gasteiger partial charge on any atom is 0.255 e. The molecule has 0 saturated heterocycles. The molecule has 0 aliphatic heterocycles. The molecule has 0 bridgehead atoms. The summed E-state index contributed by atoms with van der Waals surface area (Å²) in [5.41, 5.74) is 2.09. The number of halogens is 1. The molecule has 0 aliphatic carbocycles. The van der Waals surface area contributed by atoms with Gasteiger partial charge in [0.25, 0.3) is 15.6 Å². The summed E-state index contributed by atoms with van der Waals surface area (Å²) in [5.74, 6) is 0.391. The van der Waals surface area contributed by atoms with Gasteiger partial charge in [0, 0.05) is 28.0 Å². The molecule has 2 N–H and O–H groups in total. The van der Waals surface area contributed by atoms with Crippen LogP contribution in [0.5, 0.6) is 0 Å². The van der Waals surface area contributed by atoms with Crippen molar-refractivity contribution < 1.29 is 8.42 Å². The molecule has 2 aromatic carbocycles. The Bertz CT molecular complexity index is 1170. The minimum Gasteiger partial charge on any atom is -0.307 e. The number of sulfonamides is 1. The summed E-state index contributed by atoms with van der Waals surface area (Å²) in [6.45, 7) is 1.91. The number of hydrogen-bond donors (Lipinski definition) is 2. The molecule has 3 rings (SSSR count). The molecule has 0 atom stereocenters. The Labute approximate surface area is 168 Å². The predicted molar refractivity (Wildman–Crippen MR) is 113 cm³/mol. The van der Waals surface area contributed by atoms with E-state index in [1.807, 2.05) is 6.92 Å². The summed E-state index contributed by atoms with van der Waals surface area (Å²) in [5, 5.41) is 1.66. The van der Waals surface area contributed by atoms with Crippen LogP contribution in [0.1, 0.15) is 18.2 Å². The zero-order valence-corrected chi connectivity index (χ0v) is 16.6. The van der Waals surface area contributed by atoms with Crippen LogP contribution in [0.2, 0.25) is 5.02 Å². The lowest BCUT2D eigenvalue weighted by Gasteiger charge is -2.08. The van der Waals surface area contributed by atoms with Crippen molar-refractivity contribution in [1.82, 2.24) is 9.97 Å². The van der Waals surface area contributed by atoms with Gasteiger partial charge in [0.05, 0.1) is 5.41 Å². The zero-order chi connectivity index (χ0) is 20.1. The number of H-pyrrole nitrogens is 1. The zero-order valence-electron chi connectivity index (χ0n) is 15.0. The average molecular weight is 416 g/mol. The number of nitrogens with zero attached hydrogens (tertiary/aromatic N) is 1. The maximum absolute atomic E-state index is 12.3. The number of rotatable bonds is 6. The Balaban J connectivity index is 1.83. The molecule has 0 fully saturated rings. The number of anilines is 1. The smallest absolute Gasteiger partial charge is 0.255 e. The topological polar surface area (TPSA) is 91.9 Å². The molecule has 0 unspecified atom stereocenters. The first kappa shape index (κ1) is 19.9. The van der Waals surface area contributed by atoms with Gasteiger partial charge in [-0.2, -0.15) is 0 Å². The van der Waals surface area contributed by atoms with E-state index in [1.165, 1.54) is 12.1 Å². The van der Waals surface area contributed by atoms with Gasteiger partial charge in [0.2, 0.25) is 0 Å². The average Bonchev–Trinajstić information content (AvgIpc) is 2.67. The van der Waals surface area contributed by atoms with Crippen LogP contribution in [0.25, 0.3) is 17.5 Å². The van der Waals surface area contributed by atoms with Gasteiger partial charge in [0.1, 0.15) is 5.82 Å². The van der Waals surface area contributed by atoms with Crippen molar-refractivity contribution >= 4 is 33.4 Å². The summed E-state index contributed by atoms with van der Waals surface area (Å²) in [6.07, 6.45) is 2.10. The van der Waals surface area contributed by atoms with E-state index in [4.69, 9.17) is 11.6 Å². The number of aromatic nitrogens is 2. The van der Waals surface area contributed by atoms with Crippen molar-refractivity contribution in [2.45, 2.75) is 13.3 Å². The quantitative estimate of drug-likeness (QED) is 0.634. The Hall–Kier alpha value is -2.90. The van der Waals surface area contributed by atoms with E-state index in [0.29, 0.717) is 39.8 Å². The van der Waals surface area contributed by atoms with Crippen LogP contribution in [0.15, 0.2) is 64.8 Å². The molecule has 1 heterocycles. The van der Waals surface area contributed by atoms with Crippen LogP contribution >= 0.6 is 11.6 Å². The van der Waals surface area contributed by atoms with Crippen molar-refractivity contribution in [3.8, 4) is 11.4 Å². The summed E-state index contributed by atoms with van der Waals surface area (Å²) < 4.78 is 27.2. The first-order valence-electron chi connectivity index (χ1n) is 8.52. The molecular formula is C20H18ClN3O3S.